The fourth-order valence-electron chi connectivity index (χ4n) is 3.85. The van der Waals surface area contributed by atoms with Gasteiger partial charge in [0.1, 0.15) is 0 Å². The summed E-state index contributed by atoms with van der Waals surface area (Å²) in [6.45, 7) is 4.31. The van der Waals surface area contributed by atoms with Crippen LogP contribution in [0.2, 0.25) is 0 Å². The molecule has 1 aliphatic carbocycles. The summed E-state index contributed by atoms with van der Waals surface area (Å²) in [5.74, 6) is 1.06. The molecule has 136 valence electrons. The Bertz CT molecular complexity index is 362. The maximum absolute atomic E-state index is 12.6. The van der Waals surface area contributed by atoms with E-state index in [2.05, 4.69) is 11.8 Å². The van der Waals surface area contributed by atoms with Crippen molar-refractivity contribution >= 4 is 18.3 Å². The van der Waals surface area contributed by atoms with Crippen molar-refractivity contribution in [2.45, 2.75) is 63.6 Å². The number of halogens is 1. The van der Waals surface area contributed by atoms with Crippen molar-refractivity contribution in [2.24, 2.45) is 11.7 Å². The van der Waals surface area contributed by atoms with Crippen LogP contribution in [0.25, 0.3) is 0 Å². The number of piperidine rings is 1. The Morgan fingerprint density at radius 3 is 2.48 bits per heavy atom. The first kappa shape index (κ1) is 20.7. The smallest absolute Gasteiger partial charge is 0.236 e. The molecule has 0 aromatic carbocycles. The van der Waals surface area contributed by atoms with Gasteiger partial charge in [0.2, 0.25) is 5.91 Å². The lowest BCUT2D eigenvalue weighted by Gasteiger charge is -2.40. The van der Waals surface area contributed by atoms with E-state index >= 15 is 0 Å². The van der Waals surface area contributed by atoms with E-state index in [1.54, 1.807) is 7.11 Å². The average Bonchev–Trinajstić information content (AvgIpc) is 2.55. The molecule has 2 N–H and O–H groups in total. The van der Waals surface area contributed by atoms with Gasteiger partial charge >= 0.3 is 0 Å². The largest absolute Gasteiger partial charge is 0.381 e. The number of carbonyl (C=O) groups excluding carboxylic acids is 1. The molecule has 2 unspecified atom stereocenters. The highest BCUT2D eigenvalue weighted by atomic mass is 35.5. The van der Waals surface area contributed by atoms with E-state index in [1.165, 1.54) is 12.8 Å². The molecule has 2 atom stereocenters. The summed E-state index contributed by atoms with van der Waals surface area (Å²) in [4.78, 5) is 16.9. The normalized spacial score (nSPS) is 32.2. The number of nitrogens with zero attached hydrogens (tertiary/aromatic N) is 2. The predicted molar refractivity (Wildman–Crippen MR) is 95.9 cm³/mol. The summed E-state index contributed by atoms with van der Waals surface area (Å²) in [6.07, 6.45) is 7.00. The van der Waals surface area contributed by atoms with Gasteiger partial charge < -0.3 is 15.4 Å². The molecule has 2 aliphatic rings. The van der Waals surface area contributed by atoms with E-state index in [0.717, 1.165) is 38.1 Å². The van der Waals surface area contributed by atoms with Crippen molar-refractivity contribution in [1.82, 2.24) is 9.80 Å². The van der Waals surface area contributed by atoms with Crippen LogP contribution in [-0.2, 0) is 9.53 Å². The molecular weight excluding hydrogens is 314 g/mol. The summed E-state index contributed by atoms with van der Waals surface area (Å²) in [5.41, 5.74) is 5.90. The van der Waals surface area contributed by atoms with E-state index in [1.807, 2.05) is 11.9 Å². The molecule has 1 aliphatic heterocycles. The Morgan fingerprint density at radius 1 is 1.26 bits per heavy atom. The van der Waals surface area contributed by atoms with Crippen LogP contribution in [-0.4, -0.2) is 67.7 Å². The summed E-state index contributed by atoms with van der Waals surface area (Å²) >= 11 is 0. The number of likely N-dealkylation sites (tertiary alicyclic amines) is 1. The van der Waals surface area contributed by atoms with Crippen molar-refractivity contribution in [3.05, 3.63) is 0 Å². The van der Waals surface area contributed by atoms with E-state index < -0.39 is 0 Å². The fourth-order valence-corrected chi connectivity index (χ4v) is 3.85. The summed E-state index contributed by atoms with van der Waals surface area (Å²) in [6, 6.07) is 0.693. The molecule has 0 radical (unpaired) electrons. The van der Waals surface area contributed by atoms with Crippen LogP contribution in [0.15, 0.2) is 0 Å². The molecular formula is C17H34ClN3O2. The SMILES string of the molecule is COC1CCN(CC(=O)N(C)C2CCC(C)CC2)C(CN)C1.Cl. The van der Waals surface area contributed by atoms with E-state index in [0.29, 0.717) is 19.1 Å². The minimum atomic E-state index is 0. The van der Waals surface area contributed by atoms with Gasteiger partial charge in [-0.25, -0.2) is 0 Å². The molecule has 23 heavy (non-hydrogen) atoms. The molecule has 1 heterocycles. The zero-order valence-electron chi connectivity index (χ0n) is 14.9. The Morgan fingerprint density at radius 2 is 1.91 bits per heavy atom. The van der Waals surface area contributed by atoms with Crippen LogP contribution in [0, 0.1) is 5.92 Å². The number of rotatable bonds is 5. The highest BCUT2D eigenvalue weighted by Gasteiger charge is 2.31. The predicted octanol–water partition coefficient (Wildman–Crippen LogP) is 1.88. The molecule has 0 spiro atoms. The second kappa shape index (κ2) is 9.82. The van der Waals surface area contributed by atoms with Crippen molar-refractivity contribution < 1.29 is 9.53 Å². The molecule has 1 amide bonds. The second-order valence-corrected chi connectivity index (χ2v) is 7.16. The van der Waals surface area contributed by atoms with E-state index in [-0.39, 0.29) is 30.5 Å². The number of likely N-dealkylation sites (N-methyl/N-ethyl adjacent to an activating group) is 1. The minimum Gasteiger partial charge on any atom is -0.381 e. The number of nitrogens with two attached hydrogens (primary N) is 1. The Balaban J connectivity index is 0.00000264. The van der Waals surface area contributed by atoms with Crippen LogP contribution in [0.3, 0.4) is 0 Å². The quantitative estimate of drug-likeness (QED) is 0.825. The van der Waals surface area contributed by atoms with Crippen LogP contribution in [0.5, 0.6) is 0 Å². The summed E-state index contributed by atoms with van der Waals surface area (Å²) in [7, 11) is 3.74. The Kier molecular flexibility index (Phi) is 8.83. The molecule has 1 saturated carbocycles. The monoisotopic (exact) mass is 347 g/mol. The van der Waals surface area contributed by atoms with Crippen molar-refractivity contribution in [1.29, 1.82) is 0 Å². The topological polar surface area (TPSA) is 58.8 Å². The summed E-state index contributed by atoms with van der Waals surface area (Å²) in [5, 5.41) is 0. The Hall–Kier alpha value is -0.360. The van der Waals surface area contributed by atoms with Gasteiger partial charge in [0, 0.05) is 39.3 Å². The van der Waals surface area contributed by atoms with Crippen molar-refractivity contribution in [2.75, 3.05) is 33.8 Å². The van der Waals surface area contributed by atoms with Gasteiger partial charge in [0.25, 0.3) is 0 Å². The third kappa shape index (κ3) is 5.59. The minimum absolute atomic E-state index is 0. The van der Waals surface area contributed by atoms with Crippen LogP contribution >= 0.6 is 12.4 Å². The summed E-state index contributed by atoms with van der Waals surface area (Å²) < 4.78 is 5.45. The molecule has 0 aromatic rings. The van der Waals surface area contributed by atoms with Gasteiger partial charge in [-0.1, -0.05) is 6.92 Å². The van der Waals surface area contributed by atoms with Gasteiger partial charge in [-0.2, -0.15) is 0 Å². The third-order valence-electron chi connectivity index (χ3n) is 5.66. The number of ether oxygens (including phenoxy) is 1. The first-order valence-electron chi connectivity index (χ1n) is 8.77. The highest BCUT2D eigenvalue weighted by Crippen LogP contribution is 2.27. The molecule has 2 fully saturated rings. The van der Waals surface area contributed by atoms with Gasteiger partial charge in [-0.05, 0) is 44.4 Å². The number of methoxy groups -OCH3 is 1. The third-order valence-corrected chi connectivity index (χ3v) is 5.66. The van der Waals surface area contributed by atoms with Crippen LogP contribution < -0.4 is 5.73 Å². The fraction of sp³-hybridized carbons (Fsp3) is 0.941. The molecule has 0 aromatic heterocycles. The second-order valence-electron chi connectivity index (χ2n) is 7.16. The van der Waals surface area contributed by atoms with Crippen molar-refractivity contribution in [3.8, 4) is 0 Å². The van der Waals surface area contributed by atoms with E-state index in [4.69, 9.17) is 10.5 Å². The molecule has 5 nitrogen and oxygen atoms in total. The first-order valence-corrected chi connectivity index (χ1v) is 8.77. The van der Waals surface area contributed by atoms with Gasteiger partial charge in [0.05, 0.1) is 12.6 Å². The maximum atomic E-state index is 12.6. The van der Waals surface area contributed by atoms with Crippen LogP contribution in [0.1, 0.15) is 45.4 Å². The standard InChI is InChI=1S/C17H33N3O2.ClH/c1-13-4-6-14(7-5-13)19(2)17(21)12-20-9-8-16(22-3)10-15(20)11-18;/h13-16H,4-12,18H2,1-3H3;1H. The average molecular weight is 348 g/mol. The zero-order valence-corrected chi connectivity index (χ0v) is 15.7. The highest BCUT2D eigenvalue weighted by molar-refractivity contribution is 5.85. The lowest BCUT2D eigenvalue weighted by atomic mass is 9.87. The lowest BCUT2D eigenvalue weighted by Crippen LogP contribution is -2.53. The van der Waals surface area contributed by atoms with Crippen LogP contribution in [0.4, 0.5) is 0 Å². The van der Waals surface area contributed by atoms with E-state index in [9.17, 15) is 4.79 Å². The van der Waals surface area contributed by atoms with Gasteiger partial charge in [-0.3, -0.25) is 9.69 Å². The molecule has 1 saturated heterocycles. The molecule has 6 heteroatoms. The maximum Gasteiger partial charge on any atom is 0.236 e. The molecule has 2 rings (SSSR count). The van der Waals surface area contributed by atoms with Crippen molar-refractivity contribution in [3.63, 3.8) is 0 Å². The number of carbonyl (C=O) groups is 1. The van der Waals surface area contributed by atoms with Gasteiger partial charge in [-0.15, -0.1) is 12.4 Å². The first-order chi connectivity index (χ1) is 10.5. The zero-order chi connectivity index (χ0) is 16.1. The number of amides is 1. The molecule has 0 bridgehead atoms. The Labute approximate surface area is 147 Å². The number of hydrogen-bond donors (Lipinski definition) is 1. The number of hydrogen-bond acceptors (Lipinski definition) is 4. The lowest BCUT2D eigenvalue weighted by molar-refractivity contribution is -0.135. The van der Waals surface area contributed by atoms with Gasteiger partial charge in [0.15, 0.2) is 0 Å².